The zero-order valence-corrected chi connectivity index (χ0v) is 40.7. The summed E-state index contributed by atoms with van der Waals surface area (Å²) in [6.07, 6.45) is 1.87. The first kappa shape index (κ1) is 41.4. The predicted molar refractivity (Wildman–Crippen MR) is 290 cm³/mol. The number of aryl methyl sites for hydroxylation is 3. The minimum atomic E-state index is -2.55. The van der Waals surface area contributed by atoms with Gasteiger partial charge in [-0.15, -0.1) is 0 Å². The molecule has 0 aliphatic heterocycles. The van der Waals surface area contributed by atoms with E-state index in [-0.39, 0.29) is 16.7 Å². The maximum atomic E-state index is 12.4. The lowest BCUT2D eigenvalue weighted by atomic mass is 9.78. The summed E-state index contributed by atoms with van der Waals surface area (Å²) in [5.41, 5.74) is 17.5. The summed E-state index contributed by atoms with van der Waals surface area (Å²) in [7, 11) is 0. The summed E-state index contributed by atoms with van der Waals surface area (Å²) in [5, 5.41) is 12.4. The van der Waals surface area contributed by atoms with Crippen molar-refractivity contribution in [1.29, 1.82) is 0 Å². The van der Waals surface area contributed by atoms with Crippen LogP contribution in [-0.2, 0) is 10.8 Å². The molecular formula is C65H59N3O. The number of imidazole rings is 1. The number of aromatic nitrogens is 3. The lowest BCUT2D eigenvalue weighted by Gasteiger charge is -2.26. The third kappa shape index (κ3) is 8.68. The van der Waals surface area contributed by atoms with Crippen LogP contribution in [0, 0.1) is 20.7 Å². The van der Waals surface area contributed by atoms with E-state index in [1.807, 2.05) is 103 Å². The highest BCUT2D eigenvalue weighted by Gasteiger charge is 2.28. The molecule has 69 heavy (non-hydrogen) atoms. The Bertz CT molecular complexity index is 3650. The van der Waals surface area contributed by atoms with Crippen LogP contribution in [0.15, 0.2) is 188 Å². The third-order valence-electron chi connectivity index (χ3n) is 13.3. The van der Waals surface area contributed by atoms with Gasteiger partial charge in [0, 0.05) is 27.0 Å². The summed E-state index contributed by atoms with van der Waals surface area (Å²) in [6.45, 7) is 14.4. The van der Waals surface area contributed by atoms with Gasteiger partial charge in [0.05, 0.1) is 28.0 Å². The molecule has 4 heteroatoms. The van der Waals surface area contributed by atoms with Gasteiger partial charge in [-0.05, 0) is 153 Å². The van der Waals surface area contributed by atoms with Crippen LogP contribution in [0.4, 0.5) is 0 Å². The molecule has 0 saturated heterocycles. The van der Waals surface area contributed by atoms with Crippen molar-refractivity contribution in [2.24, 2.45) is 0 Å². The maximum Gasteiger partial charge on any atom is 0.149 e. The second-order valence-corrected chi connectivity index (χ2v) is 20.4. The highest BCUT2D eigenvalue weighted by molar-refractivity contribution is 5.98. The van der Waals surface area contributed by atoms with Crippen molar-refractivity contribution in [2.45, 2.75) is 73.1 Å². The molecule has 4 nitrogen and oxygen atoms in total. The maximum absolute atomic E-state index is 12.4. The van der Waals surface area contributed by atoms with E-state index in [0.717, 1.165) is 83.6 Å². The van der Waals surface area contributed by atoms with Gasteiger partial charge in [0.15, 0.2) is 0 Å². The number of para-hydroxylation sites is 1. The van der Waals surface area contributed by atoms with Crippen LogP contribution in [0.3, 0.4) is 0 Å². The number of benzene rings is 8. The van der Waals surface area contributed by atoms with Gasteiger partial charge in [-0.2, -0.15) is 0 Å². The van der Waals surface area contributed by atoms with E-state index in [4.69, 9.17) is 9.97 Å². The van der Waals surface area contributed by atoms with E-state index in [0.29, 0.717) is 28.1 Å². The minimum Gasteiger partial charge on any atom is -0.507 e. The smallest absolute Gasteiger partial charge is 0.149 e. The Morgan fingerprint density at radius 2 is 1.12 bits per heavy atom. The Morgan fingerprint density at radius 3 is 1.83 bits per heavy atom. The van der Waals surface area contributed by atoms with Crippen LogP contribution in [-0.4, -0.2) is 19.6 Å². The Balaban J connectivity index is 1.25. The molecule has 0 aliphatic carbocycles. The number of hydrogen-bond donors (Lipinski definition) is 1. The minimum absolute atomic E-state index is 0.109. The number of pyridine rings is 1. The van der Waals surface area contributed by atoms with Crippen molar-refractivity contribution in [3.63, 3.8) is 0 Å². The first-order valence-corrected chi connectivity index (χ1v) is 23.8. The number of phenols is 1. The molecular weight excluding hydrogens is 839 g/mol. The number of aromatic hydroxyl groups is 1. The van der Waals surface area contributed by atoms with Gasteiger partial charge in [-0.3, -0.25) is 9.55 Å². The van der Waals surface area contributed by atoms with E-state index in [2.05, 4.69) is 146 Å². The van der Waals surface area contributed by atoms with Crippen LogP contribution in [0.1, 0.15) is 73.5 Å². The number of rotatable bonds is 8. The zero-order chi connectivity index (χ0) is 50.7. The molecule has 10 rings (SSSR count). The van der Waals surface area contributed by atoms with Gasteiger partial charge in [-0.1, -0.05) is 174 Å². The van der Waals surface area contributed by atoms with Crippen LogP contribution in [0.5, 0.6) is 5.75 Å². The van der Waals surface area contributed by atoms with Crippen LogP contribution < -0.4 is 0 Å². The molecule has 8 aromatic carbocycles. The molecule has 0 bridgehead atoms. The van der Waals surface area contributed by atoms with Crippen molar-refractivity contribution in [3.05, 3.63) is 216 Å². The van der Waals surface area contributed by atoms with E-state index in [9.17, 15) is 9.22 Å². The molecule has 10 aromatic rings. The highest BCUT2D eigenvalue weighted by Crippen LogP contribution is 2.45. The summed E-state index contributed by atoms with van der Waals surface area (Å²) >= 11 is 0. The second-order valence-electron chi connectivity index (χ2n) is 20.4. The van der Waals surface area contributed by atoms with Gasteiger partial charge in [0.1, 0.15) is 11.6 Å². The monoisotopic (exact) mass is 900 g/mol. The van der Waals surface area contributed by atoms with Gasteiger partial charge in [-0.25, -0.2) is 4.98 Å². The highest BCUT2D eigenvalue weighted by atomic mass is 16.3. The average molecular weight is 901 g/mol. The standard InChI is InChI=1S/C65H59N3O/c1-41-26-28-45(29-27-41)47-32-33-66-57(40-47)51-38-49(44-18-12-10-13-19-44)37-50(39-51)53-23-17-25-59-61(53)67-63(54-34-42(2)35-56(62(54)69)65(7,8)9)68(59)58-31-30-48(36-43(58)3)60-52(46-20-14-11-15-21-46)22-16-24-55(60)64(4,5)6/h10-40,69H,1-9H3/i3D3. The average Bonchev–Trinajstić information content (AvgIpc) is 3.76. The fraction of sp³-hybridized carbons (Fsp3) is 0.169. The third-order valence-corrected chi connectivity index (χ3v) is 13.3. The van der Waals surface area contributed by atoms with E-state index >= 15 is 0 Å². The van der Waals surface area contributed by atoms with Gasteiger partial charge in [0.25, 0.3) is 0 Å². The number of fused-ring (bicyclic) bond motifs is 1. The zero-order valence-electron chi connectivity index (χ0n) is 43.7. The quantitative estimate of drug-likeness (QED) is 0.165. The lowest BCUT2D eigenvalue weighted by Crippen LogP contribution is -2.13. The predicted octanol–water partition coefficient (Wildman–Crippen LogP) is 17.3. The van der Waals surface area contributed by atoms with E-state index in [1.165, 1.54) is 5.56 Å². The van der Waals surface area contributed by atoms with Crippen molar-refractivity contribution in [2.75, 3.05) is 0 Å². The number of hydrogen-bond acceptors (Lipinski definition) is 3. The van der Waals surface area contributed by atoms with Crippen LogP contribution >= 0.6 is 0 Å². The topological polar surface area (TPSA) is 50.9 Å². The molecule has 0 spiro atoms. The first-order valence-electron chi connectivity index (χ1n) is 25.3. The fourth-order valence-corrected chi connectivity index (χ4v) is 9.75. The molecule has 1 N–H and O–H groups in total. The summed E-state index contributed by atoms with van der Waals surface area (Å²) in [6, 6.07) is 62.1. The Morgan fingerprint density at radius 1 is 0.478 bits per heavy atom. The Labute approximate surface area is 411 Å². The second kappa shape index (κ2) is 17.7. The summed E-state index contributed by atoms with van der Waals surface area (Å²) in [4.78, 5) is 10.5. The van der Waals surface area contributed by atoms with E-state index in [1.54, 1.807) is 0 Å². The Hall–Kier alpha value is -7.82. The number of nitrogens with zero attached hydrogens (tertiary/aromatic N) is 3. The molecule has 0 radical (unpaired) electrons. The molecule has 0 saturated carbocycles. The normalized spacial score (nSPS) is 12.7. The van der Waals surface area contributed by atoms with Gasteiger partial charge >= 0.3 is 0 Å². The van der Waals surface area contributed by atoms with Crippen molar-refractivity contribution in [1.82, 2.24) is 14.5 Å². The number of phenolic OH excluding ortho intramolecular Hbond substituents is 1. The van der Waals surface area contributed by atoms with Gasteiger partial charge in [0.2, 0.25) is 0 Å². The molecule has 2 aromatic heterocycles. The molecule has 340 valence electrons. The van der Waals surface area contributed by atoms with Crippen LogP contribution in [0.25, 0.3) is 95.0 Å². The van der Waals surface area contributed by atoms with Crippen molar-refractivity contribution in [3.8, 4) is 89.7 Å². The SMILES string of the molecule is [2H]C([2H])([2H])c1cc(-c2c(-c3ccccc3)cccc2C(C)(C)C)ccc1-n1c(-c2cc(C)cc(C(C)(C)C)c2O)nc2c(-c3cc(-c4ccccc4)cc(-c4cc(-c5ccc(C)cc5)ccn4)c3)cccc21. The molecule has 0 unspecified atom stereocenters. The molecule has 0 amide bonds. The van der Waals surface area contributed by atoms with Crippen molar-refractivity contribution >= 4 is 11.0 Å². The summed E-state index contributed by atoms with van der Waals surface area (Å²) in [5.74, 6) is 0.548. The molecule has 0 atom stereocenters. The molecule has 2 heterocycles. The molecule has 0 fully saturated rings. The lowest BCUT2D eigenvalue weighted by molar-refractivity contribution is 0.448. The van der Waals surface area contributed by atoms with Crippen molar-refractivity contribution < 1.29 is 9.22 Å². The largest absolute Gasteiger partial charge is 0.507 e. The fourth-order valence-electron chi connectivity index (χ4n) is 9.75. The van der Waals surface area contributed by atoms with E-state index < -0.39 is 12.3 Å². The van der Waals surface area contributed by atoms with Gasteiger partial charge < -0.3 is 5.11 Å². The summed E-state index contributed by atoms with van der Waals surface area (Å²) < 4.78 is 29.7. The Kier molecular flexibility index (Phi) is 10.6. The first-order chi connectivity index (χ1) is 34.3. The van der Waals surface area contributed by atoms with Crippen LogP contribution in [0.2, 0.25) is 0 Å². The molecule has 0 aliphatic rings.